The molecule has 0 aliphatic carbocycles. The SMILES string of the molecule is CC(=O)Nc1nc(-c2cccc(CCN=C(N)N)c2)cs1. The summed E-state index contributed by atoms with van der Waals surface area (Å²) in [5.41, 5.74) is 13.6. The summed E-state index contributed by atoms with van der Waals surface area (Å²) in [5.74, 6) is -0.0208. The Morgan fingerprint density at radius 1 is 1.43 bits per heavy atom. The monoisotopic (exact) mass is 303 g/mol. The molecule has 0 spiro atoms. The van der Waals surface area contributed by atoms with Gasteiger partial charge in [0.25, 0.3) is 0 Å². The summed E-state index contributed by atoms with van der Waals surface area (Å²) < 4.78 is 0. The molecule has 0 radical (unpaired) electrons. The van der Waals surface area contributed by atoms with Crippen LogP contribution in [-0.4, -0.2) is 23.4 Å². The highest BCUT2D eigenvalue weighted by Crippen LogP contribution is 2.25. The summed E-state index contributed by atoms with van der Waals surface area (Å²) in [6, 6.07) is 8.02. The number of guanidine groups is 1. The average Bonchev–Trinajstić information content (AvgIpc) is 2.86. The van der Waals surface area contributed by atoms with Crippen LogP contribution < -0.4 is 16.8 Å². The first-order valence-corrected chi connectivity index (χ1v) is 7.30. The van der Waals surface area contributed by atoms with Crippen LogP contribution in [0.25, 0.3) is 11.3 Å². The van der Waals surface area contributed by atoms with Crippen LogP contribution in [0.1, 0.15) is 12.5 Å². The molecule has 0 atom stereocenters. The Bertz CT molecular complexity index is 661. The van der Waals surface area contributed by atoms with Gasteiger partial charge in [-0.2, -0.15) is 0 Å². The molecule has 0 unspecified atom stereocenters. The minimum atomic E-state index is -0.123. The number of nitrogens with two attached hydrogens (primary N) is 2. The van der Waals surface area contributed by atoms with Gasteiger partial charge in [-0.15, -0.1) is 11.3 Å². The largest absolute Gasteiger partial charge is 0.370 e. The van der Waals surface area contributed by atoms with E-state index in [1.807, 2.05) is 23.6 Å². The van der Waals surface area contributed by atoms with Crippen LogP contribution in [0.15, 0.2) is 34.6 Å². The van der Waals surface area contributed by atoms with E-state index in [-0.39, 0.29) is 11.9 Å². The van der Waals surface area contributed by atoms with E-state index >= 15 is 0 Å². The van der Waals surface area contributed by atoms with Gasteiger partial charge in [-0.25, -0.2) is 4.98 Å². The van der Waals surface area contributed by atoms with Crippen molar-refractivity contribution in [2.75, 3.05) is 11.9 Å². The van der Waals surface area contributed by atoms with Crippen molar-refractivity contribution in [3.8, 4) is 11.3 Å². The van der Waals surface area contributed by atoms with Gasteiger partial charge in [0.05, 0.1) is 5.69 Å². The fraction of sp³-hybridized carbons (Fsp3) is 0.214. The lowest BCUT2D eigenvalue weighted by Gasteiger charge is -2.02. The molecule has 110 valence electrons. The molecule has 1 aromatic carbocycles. The zero-order valence-electron chi connectivity index (χ0n) is 11.7. The normalized spacial score (nSPS) is 10.1. The highest BCUT2D eigenvalue weighted by molar-refractivity contribution is 7.14. The zero-order valence-corrected chi connectivity index (χ0v) is 12.5. The third kappa shape index (κ3) is 4.57. The lowest BCUT2D eigenvalue weighted by Crippen LogP contribution is -2.23. The quantitative estimate of drug-likeness (QED) is 0.576. The Hall–Kier alpha value is -2.41. The van der Waals surface area contributed by atoms with E-state index in [4.69, 9.17) is 11.5 Å². The minimum absolute atomic E-state index is 0.102. The van der Waals surface area contributed by atoms with Crippen molar-refractivity contribution in [1.82, 2.24) is 4.98 Å². The van der Waals surface area contributed by atoms with Gasteiger partial charge in [-0.05, 0) is 18.1 Å². The van der Waals surface area contributed by atoms with Crippen LogP contribution in [0.3, 0.4) is 0 Å². The molecular weight excluding hydrogens is 286 g/mol. The number of thiazole rings is 1. The number of hydrogen-bond donors (Lipinski definition) is 3. The second kappa shape index (κ2) is 6.85. The van der Waals surface area contributed by atoms with Crippen molar-refractivity contribution in [1.29, 1.82) is 0 Å². The van der Waals surface area contributed by atoms with Crippen molar-refractivity contribution in [3.63, 3.8) is 0 Å². The maximum atomic E-state index is 11.0. The fourth-order valence-electron chi connectivity index (χ4n) is 1.81. The van der Waals surface area contributed by atoms with E-state index in [1.54, 1.807) is 0 Å². The van der Waals surface area contributed by atoms with Crippen molar-refractivity contribution >= 4 is 28.3 Å². The van der Waals surface area contributed by atoms with Crippen LogP contribution in [0.5, 0.6) is 0 Å². The summed E-state index contributed by atoms with van der Waals surface area (Å²) in [6.07, 6.45) is 0.758. The number of amides is 1. The topological polar surface area (TPSA) is 106 Å². The average molecular weight is 303 g/mol. The van der Waals surface area contributed by atoms with Gasteiger partial charge in [0.15, 0.2) is 11.1 Å². The third-order valence-corrected chi connectivity index (χ3v) is 3.46. The predicted octanol–water partition coefficient (Wildman–Crippen LogP) is 1.58. The second-order valence-corrected chi connectivity index (χ2v) is 5.33. The lowest BCUT2D eigenvalue weighted by atomic mass is 10.1. The second-order valence-electron chi connectivity index (χ2n) is 4.48. The van der Waals surface area contributed by atoms with Gasteiger partial charge in [0.1, 0.15) is 0 Å². The van der Waals surface area contributed by atoms with Crippen LogP contribution in [0, 0.1) is 0 Å². The molecule has 2 aromatic rings. The Morgan fingerprint density at radius 2 is 2.24 bits per heavy atom. The number of carbonyl (C=O) groups is 1. The Kier molecular flexibility index (Phi) is 4.89. The maximum absolute atomic E-state index is 11.0. The zero-order chi connectivity index (χ0) is 15.2. The molecule has 0 aliphatic rings. The highest BCUT2D eigenvalue weighted by atomic mass is 32.1. The maximum Gasteiger partial charge on any atom is 0.223 e. The standard InChI is InChI=1S/C14H17N5OS/c1-9(20)18-14-19-12(8-21-14)11-4-2-3-10(7-11)5-6-17-13(15)16/h2-4,7-8H,5-6H2,1H3,(H4,15,16,17)(H,18,19,20). The number of benzene rings is 1. The molecule has 6 nitrogen and oxygen atoms in total. The summed E-state index contributed by atoms with van der Waals surface area (Å²) in [7, 11) is 0. The molecule has 2 rings (SSSR count). The van der Waals surface area contributed by atoms with Crippen LogP contribution in [-0.2, 0) is 11.2 Å². The first-order chi connectivity index (χ1) is 10.0. The fourth-order valence-corrected chi connectivity index (χ4v) is 2.58. The smallest absolute Gasteiger partial charge is 0.223 e. The third-order valence-electron chi connectivity index (χ3n) is 2.70. The summed E-state index contributed by atoms with van der Waals surface area (Å²) in [5, 5.41) is 5.20. The number of nitrogens with one attached hydrogen (secondary N) is 1. The van der Waals surface area contributed by atoms with Crippen molar-refractivity contribution in [2.24, 2.45) is 16.5 Å². The summed E-state index contributed by atoms with van der Waals surface area (Å²) in [6.45, 7) is 2.02. The molecule has 0 aliphatic heterocycles. The number of rotatable bonds is 5. The van der Waals surface area contributed by atoms with Gasteiger partial charge in [0, 0.05) is 24.4 Å². The van der Waals surface area contributed by atoms with E-state index in [2.05, 4.69) is 21.4 Å². The number of aliphatic imine (C=N–C) groups is 1. The Labute approximate surface area is 126 Å². The molecule has 1 aromatic heterocycles. The van der Waals surface area contributed by atoms with E-state index in [0.717, 1.165) is 23.2 Å². The Balaban J connectivity index is 2.11. The van der Waals surface area contributed by atoms with E-state index in [9.17, 15) is 4.79 Å². The van der Waals surface area contributed by atoms with Gasteiger partial charge < -0.3 is 16.8 Å². The van der Waals surface area contributed by atoms with Gasteiger partial charge in [-0.3, -0.25) is 9.79 Å². The lowest BCUT2D eigenvalue weighted by molar-refractivity contribution is -0.114. The minimum Gasteiger partial charge on any atom is -0.370 e. The van der Waals surface area contributed by atoms with Crippen molar-refractivity contribution in [3.05, 3.63) is 35.2 Å². The molecule has 1 heterocycles. The molecule has 1 amide bonds. The van der Waals surface area contributed by atoms with Crippen LogP contribution in [0.2, 0.25) is 0 Å². The summed E-state index contributed by atoms with van der Waals surface area (Å²) >= 11 is 1.40. The summed E-state index contributed by atoms with van der Waals surface area (Å²) in [4.78, 5) is 19.4. The molecule has 5 N–H and O–H groups in total. The highest BCUT2D eigenvalue weighted by Gasteiger charge is 2.06. The van der Waals surface area contributed by atoms with E-state index in [0.29, 0.717) is 11.7 Å². The van der Waals surface area contributed by atoms with Crippen molar-refractivity contribution in [2.45, 2.75) is 13.3 Å². The van der Waals surface area contributed by atoms with Crippen LogP contribution in [0.4, 0.5) is 5.13 Å². The predicted molar refractivity (Wildman–Crippen MR) is 86.2 cm³/mol. The van der Waals surface area contributed by atoms with Gasteiger partial charge in [0.2, 0.25) is 5.91 Å². The number of nitrogens with zero attached hydrogens (tertiary/aromatic N) is 2. The molecule has 0 saturated carbocycles. The van der Waals surface area contributed by atoms with Gasteiger partial charge >= 0.3 is 0 Å². The number of anilines is 1. The molecule has 0 saturated heterocycles. The molecule has 0 bridgehead atoms. The van der Waals surface area contributed by atoms with Gasteiger partial charge in [-0.1, -0.05) is 18.2 Å². The molecule has 21 heavy (non-hydrogen) atoms. The number of aromatic nitrogens is 1. The molecular formula is C14H17N5OS. The number of hydrogen-bond acceptors (Lipinski definition) is 4. The van der Waals surface area contributed by atoms with E-state index in [1.165, 1.54) is 18.3 Å². The van der Waals surface area contributed by atoms with E-state index < -0.39 is 0 Å². The first kappa shape index (κ1) is 15.0. The van der Waals surface area contributed by atoms with Crippen LogP contribution >= 0.6 is 11.3 Å². The molecule has 0 fully saturated rings. The first-order valence-electron chi connectivity index (χ1n) is 6.42. The van der Waals surface area contributed by atoms with Crippen molar-refractivity contribution < 1.29 is 4.79 Å². The Morgan fingerprint density at radius 3 is 2.95 bits per heavy atom. The molecule has 7 heteroatoms. The number of carbonyl (C=O) groups excluding carboxylic acids is 1.